The number of aryl methyl sites for hydroxylation is 1. The number of rotatable bonds is 3. The molecule has 2 saturated heterocycles. The fraction of sp³-hybridized carbons (Fsp3) is 0.667. The molecular weight excluding hydrogens is 258 g/mol. The van der Waals surface area contributed by atoms with Crippen molar-refractivity contribution in [2.75, 3.05) is 19.8 Å². The molecule has 0 radical (unpaired) electrons. The van der Waals surface area contributed by atoms with E-state index >= 15 is 0 Å². The summed E-state index contributed by atoms with van der Waals surface area (Å²) in [5.41, 5.74) is 0.878. The first-order valence-corrected chi connectivity index (χ1v) is 7.30. The zero-order chi connectivity index (χ0) is 14.1. The molecule has 2 aliphatic rings. The number of hydrogen-bond donors (Lipinski definition) is 0. The van der Waals surface area contributed by atoms with Gasteiger partial charge in [-0.25, -0.2) is 0 Å². The number of fused-ring (bicyclic) bond motifs is 1. The topological polar surface area (TPSA) is 51.9 Å². The maximum Gasteiger partial charge on any atom is 0.290 e. The van der Waals surface area contributed by atoms with Crippen LogP contribution in [0.4, 0.5) is 0 Å². The molecule has 1 aromatic heterocycles. The van der Waals surface area contributed by atoms with Gasteiger partial charge in [0.2, 0.25) is 0 Å². The molecule has 2 aliphatic heterocycles. The second-order valence-electron chi connectivity index (χ2n) is 5.43. The zero-order valence-corrected chi connectivity index (χ0v) is 12.0. The van der Waals surface area contributed by atoms with E-state index in [2.05, 4.69) is 0 Å². The van der Waals surface area contributed by atoms with Crippen molar-refractivity contribution in [3.8, 4) is 0 Å². The highest BCUT2D eigenvalue weighted by Crippen LogP contribution is 2.32. The summed E-state index contributed by atoms with van der Waals surface area (Å²) < 4.78 is 16.9. The lowest BCUT2D eigenvalue weighted by Gasteiger charge is -2.31. The largest absolute Gasteiger partial charge is 0.459 e. The van der Waals surface area contributed by atoms with E-state index in [0.29, 0.717) is 18.9 Å². The molecule has 3 rings (SSSR count). The Morgan fingerprint density at radius 2 is 2.40 bits per heavy atom. The highest BCUT2D eigenvalue weighted by atomic mass is 16.5. The Labute approximate surface area is 118 Å². The van der Waals surface area contributed by atoms with E-state index in [1.165, 1.54) is 0 Å². The molecule has 1 amide bonds. The third-order valence-electron chi connectivity index (χ3n) is 4.18. The van der Waals surface area contributed by atoms with Crippen LogP contribution in [0.3, 0.4) is 0 Å². The minimum absolute atomic E-state index is 0.00270. The molecule has 0 spiro atoms. The minimum Gasteiger partial charge on any atom is -0.459 e. The Morgan fingerprint density at radius 1 is 1.55 bits per heavy atom. The number of carbonyl (C=O) groups is 1. The van der Waals surface area contributed by atoms with Crippen LogP contribution in [0.2, 0.25) is 0 Å². The predicted molar refractivity (Wildman–Crippen MR) is 72.7 cm³/mol. The van der Waals surface area contributed by atoms with Gasteiger partial charge in [0.25, 0.3) is 5.91 Å². The van der Waals surface area contributed by atoms with Crippen LogP contribution in [0.5, 0.6) is 0 Å². The molecule has 5 heteroatoms. The fourth-order valence-electron chi connectivity index (χ4n) is 3.23. The van der Waals surface area contributed by atoms with Crippen molar-refractivity contribution < 1.29 is 18.7 Å². The first-order valence-electron chi connectivity index (χ1n) is 7.30. The first-order chi connectivity index (χ1) is 9.72. The smallest absolute Gasteiger partial charge is 0.290 e. The third kappa shape index (κ3) is 2.25. The van der Waals surface area contributed by atoms with E-state index < -0.39 is 0 Å². The lowest BCUT2D eigenvalue weighted by atomic mass is 10.0. The molecule has 3 heterocycles. The maximum absolute atomic E-state index is 12.7. The van der Waals surface area contributed by atoms with Gasteiger partial charge >= 0.3 is 0 Å². The summed E-state index contributed by atoms with van der Waals surface area (Å²) >= 11 is 0. The molecule has 0 unspecified atom stereocenters. The molecule has 0 N–H and O–H groups in total. The summed E-state index contributed by atoms with van der Waals surface area (Å²) in [7, 11) is 0. The molecule has 0 saturated carbocycles. The second-order valence-corrected chi connectivity index (χ2v) is 5.43. The van der Waals surface area contributed by atoms with Gasteiger partial charge in [0.15, 0.2) is 5.76 Å². The molecule has 0 bridgehead atoms. The van der Waals surface area contributed by atoms with Gasteiger partial charge < -0.3 is 18.8 Å². The average molecular weight is 279 g/mol. The molecule has 20 heavy (non-hydrogen) atoms. The molecular formula is C15H21NO4. The first kappa shape index (κ1) is 13.6. The second kappa shape index (κ2) is 5.58. The summed E-state index contributed by atoms with van der Waals surface area (Å²) in [6, 6.07) is 1.93. The van der Waals surface area contributed by atoms with E-state index in [-0.39, 0.29) is 24.2 Å². The normalized spacial score (nSPS) is 29.5. The van der Waals surface area contributed by atoms with Crippen molar-refractivity contribution >= 4 is 5.91 Å². The van der Waals surface area contributed by atoms with Gasteiger partial charge in [-0.05, 0) is 32.8 Å². The molecule has 2 fully saturated rings. The van der Waals surface area contributed by atoms with E-state index in [1.807, 2.05) is 24.8 Å². The van der Waals surface area contributed by atoms with Gasteiger partial charge in [0.05, 0.1) is 18.8 Å². The molecule has 5 nitrogen and oxygen atoms in total. The lowest BCUT2D eigenvalue weighted by Crippen LogP contribution is -2.43. The number of carbonyl (C=O) groups excluding carboxylic acids is 1. The number of ether oxygens (including phenoxy) is 2. The zero-order valence-electron chi connectivity index (χ0n) is 12.0. The molecule has 1 aromatic rings. The Morgan fingerprint density at radius 3 is 3.10 bits per heavy atom. The van der Waals surface area contributed by atoms with Crippen LogP contribution in [0.15, 0.2) is 16.7 Å². The van der Waals surface area contributed by atoms with Crippen LogP contribution >= 0.6 is 0 Å². The Kier molecular flexibility index (Phi) is 3.81. The lowest BCUT2D eigenvalue weighted by molar-refractivity contribution is -0.0738. The van der Waals surface area contributed by atoms with E-state index in [1.54, 1.807) is 6.26 Å². The van der Waals surface area contributed by atoms with Crippen molar-refractivity contribution in [1.29, 1.82) is 0 Å². The van der Waals surface area contributed by atoms with Gasteiger partial charge in [-0.2, -0.15) is 0 Å². The van der Waals surface area contributed by atoms with E-state index in [4.69, 9.17) is 13.9 Å². The number of hydrogen-bond acceptors (Lipinski definition) is 4. The predicted octanol–water partition coefficient (Wildman–Crippen LogP) is 2.00. The summed E-state index contributed by atoms with van der Waals surface area (Å²) in [6.45, 7) is 5.84. The Bertz CT molecular complexity index is 484. The summed E-state index contributed by atoms with van der Waals surface area (Å²) in [6.07, 6.45) is 3.50. The number of likely N-dealkylation sites (tertiary alicyclic amines) is 1. The van der Waals surface area contributed by atoms with Gasteiger partial charge in [-0.15, -0.1) is 0 Å². The summed E-state index contributed by atoms with van der Waals surface area (Å²) in [5.74, 6) is 0.390. The highest BCUT2D eigenvalue weighted by molar-refractivity contribution is 5.93. The van der Waals surface area contributed by atoms with Gasteiger partial charge in [0.1, 0.15) is 12.2 Å². The number of amides is 1. The van der Waals surface area contributed by atoms with Crippen molar-refractivity contribution in [3.63, 3.8) is 0 Å². The average Bonchev–Trinajstić information content (AvgIpc) is 3.03. The van der Waals surface area contributed by atoms with Crippen LogP contribution < -0.4 is 0 Å². The minimum atomic E-state index is -0.0461. The Balaban J connectivity index is 1.82. The molecule has 0 aliphatic carbocycles. The van der Waals surface area contributed by atoms with Crippen molar-refractivity contribution in [2.24, 2.45) is 0 Å². The highest BCUT2D eigenvalue weighted by Gasteiger charge is 2.47. The quantitative estimate of drug-likeness (QED) is 0.849. The van der Waals surface area contributed by atoms with Crippen molar-refractivity contribution in [1.82, 2.24) is 4.90 Å². The van der Waals surface area contributed by atoms with Crippen LogP contribution in [0, 0.1) is 6.92 Å². The van der Waals surface area contributed by atoms with Crippen LogP contribution in [-0.2, 0) is 9.47 Å². The number of furan rings is 1. The molecule has 3 atom stereocenters. The van der Waals surface area contributed by atoms with Gasteiger partial charge in [-0.3, -0.25) is 4.79 Å². The standard InChI is InChI=1S/C15H21NO4/c1-3-18-12-9-16(11-5-4-7-19-14(11)12)15(17)13-10(2)6-8-20-13/h6,8,11-12,14H,3-5,7,9H2,1-2H3/t11-,12+,14+/m0/s1. The monoisotopic (exact) mass is 279 g/mol. The van der Waals surface area contributed by atoms with Crippen LogP contribution in [-0.4, -0.2) is 48.8 Å². The van der Waals surface area contributed by atoms with Crippen molar-refractivity contribution in [3.05, 3.63) is 23.7 Å². The van der Waals surface area contributed by atoms with Gasteiger partial charge in [0, 0.05) is 18.8 Å². The fourth-order valence-corrected chi connectivity index (χ4v) is 3.23. The Hall–Kier alpha value is -1.33. The van der Waals surface area contributed by atoms with Gasteiger partial charge in [-0.1, -0.05) is 0 Å². The van der Waals surface area contributed by atoms with E-state index in [0.717, 1.165) is 25.0 Å². The SMILES string of the molecule is CCO[C@@H]1CN(C(=O)c2occc2C)[C@H]2CCCO[C@@H]12. The molecule has 0 aromatic carbocycles. The third-order valence-corrected chi connectivity index (χ3v) is 4.18. The molecule has 110 valence electrons. The van der Waals surface area contributed by atoms with E-state index in [9.17, 15) is 4.79 Å². The summed E-state index contributed by atoms with van der Waals surface area (Å²) in [5, 5.41) is 0. The summed E-state index contributed by atoms with van der Waals surface area (Å²) in [4.78, 5) is 14.5. The number of nitrogens with zero attached hydrogens (tertiary/aromatic N) is 1. The maximum atomic E-state index is 12.7. The van der Waals surface area contributed by atoms with Crippen LogP contribution in [0.25, 0.3) is 0 Å². The van der Waals surface area contributed by atoms with Crippen LogP contribution in [0.1, 0.15) is 35.9 Å². The van der Waals surface area contributed by atoms with Crippen molar-refractivity contribution in [2.45, 2.75) is 44.9 Å².